The molecule has 1 aromatic carbocycles. The van der Waals surface area contributed by atoms with Crippen LogP contribution in [0.3, 0.4) is 0 Å². The molecule has 0 aliphatic heterocycles. The summed E-state index contributed by atoms with van der Waals surface area (Å²) in [5.41, 5.74) is 2.29. The molecule has 1 aliphatic rings. The molecule has 28 heavy (non-hydrogen) atoms. The molecular formula is C23H33FN2O2. The Bertz CT molecular complexity index is 695. The van der Waals surface area contributed by atoms with E-state index in [0.29, 0.717) is 19.1 Å². The highest BCUT2D eigenvalue weighted by Crippen LogP contribution is 2.25. The zero-order valence-corrected chi connectivity index (χ0v) is 16.9. The topological polar surface area (TPSA) is 37.6 Å². The predicted molar refractivity (Wildman–Crippen MR) is 110 cm³/mol. The molecule has 1 fully saturated rings. The third-order valence-corrected chi connectivity index (χ3v) is 5.64. The summed E-state index contributed by atoms with van der Waals surface area (Å²) in [4.78, 5) is 2.37. The van der Waals surface area contributed by atoms with Crippen molar-refractivity contribution < 1.29 is 14.2 Å². The summed E-state index contributed by atoms with van der Waals surface area (Å²) >= 11 is 0. The molecule has 0 spiro atoms. The molecule has 1 atom stereocenters. The van der Waals surface area contributed by atoms with E-state index in [-0.39, 0.29) is 5.82 Å². The van der Waals surface area contributed by atoms with Crippen molar-refractivity contribution in [2.45, 2.75) is 51.3 Å². The maximum Gasteiger partial charge on any atom is 0.123 e. The van der Waals surface area contributed by atoms with Gasteiger partial charge in [0.05, 0.1) is 12.7 Å². The smallest absolute Gasteiger partial charge is 0.123 e. The summed E-state index contributed by atoms with van der Waals surface area (Å²) < 4.78 is 20.5. The minimum Gasteiger partial charge on any atom is -0.389 e. The lowest BCUT2D eigenvalue weighted by Gasteiger charge is -2.31. The van der Waals surface area contributed by atoms with Crippen molar-refractivity contribution in [1.82, 2.24) is 9.47 Å². The lowest BCUT2D eigenvalue weighted by atomic mass is 9.89. The molecule has 1 N–H and O–H groups in total. The number of rotatable bonds is 10. The van der Waals surface area contributed by atoms with Gasteiger partial charge in [0.15, 0.2) is 0 Å². The van der Waals surface area contributed by atoms with Crippen LogP contribution in [0.15, 0.2) is 42.6 Å². The highest BCUT2D eigenvalue weighted by atomic mass is 19.1. The number of aromatic nitrogens is 1. The second-order valence-corrected chi connectivity index (χ2v) is 8.06. The van der Waals surface area contributed by atoms with Crippen molar-refractivity contribution in [3.05, 3.63) is 59.7 Å². The Balaban J connectivity index is 1.66. The van der Waals surface area contributed by atoms with Crippen molar-refractivity contribution in [3.8, 4) is 0 Å². The van der Waals surface area contributed by atoms with Gasteiger partial charge in [-0.15, -0.1) is 0 Å². The van der Waals surface area contributed by atoms with Gasteiger partial charge in [-0.25, -0.2) is 4.39 Å². The summed E-state index contributed by atoms with van der Waals surface area (Å²) in [6.45, 7) is 3.51. The van der Waals surface area contributed by atoms with E-state index in [1.807, 2.05) is 12.1 Å². The standard InChI is InChI=1S/C23H33FN2O2/c1-28-18-23(27)17-25(14-19-6-3-2-4-7-19)16-22-8-5-13-26(22)15-20-9-11-21(24)12-10-20/h5,8-13,19,23,27H,2-4,6-7,14-18H2,1H3. The van der Waals surface area contributed by atoms with Gasteiger partial charge in [-0.3, -0.25) is 4.90 Å². The van der Waals surface area contributed by atoms with Crippen molar-refractivity contribution >= 4 is 0 Å². The van der Waals surface area contributed by atoms with E-state index in [2.05, 4.69) is 27.8 Å². The van der Waals surface area contributed by atoms with Gasteiger partial charge < -0.3 is 14.4 Å². The third kappa shape index (κ3) is 6.43. The van der Waals surface area contributed by atoms with Gasteiger partial charge in [-0.05, 0) is 48.6 Å². The molecule has 0 radical (unpaired) electrons. The first-order valence-electron chi connectivity index (χ1n) is 10.4. The number of hydrogen-bond donors (Lipinski definition) is 1. The quantitative estimate of drug-likeness (QED) is 0.667. The van der Waals surface area contributed by atoms with Gasteiger partial charge in [-0.2, -0.15) is 0 Å². The van der Waals surface area contributed by atoms with E-state index in [1.54, 1.807) is 7.11 Å². The number of benzene rings is 1. The average Bonchev–Trinajstić information content (AvgIpc) is 3.11. The molecule has 0 bridgehead atoms. The molecule has 3 rings (SSSR count). The number of ether oxygens (including phenoxy) is 1. The average molecular weight is 389 g/mol. The molecular weight excluding hydrogens is 355 g/mol. The largest absolute Gasteiger partial charge is 0.389 e. The number of methoxy groups -OCH3 is 1. The van der Waals surface area contributed by atoms with Crippen LogP contribution in [-0.2, 0) is 17.8 Å². The molecule has 5 heteroatoms. The lowest BCUT2D eigenvalue weighted by Crippen LogP contribution is -2.38. The van der Waals surface area contributed by atoms with Crippen LogP contribution < -0.4 is 0 Å². The van der Waals surface area contributed by atoms with E-state index in [1.165, 1.54) is 49.9 Å². The number of hydrogen-bond acceptors (Lipinski definition) is 3. The number of aliphatic hydroxyl groups is 1. The summed E-state index contributed by atoms with van der Waals surface area (Å²) in [7, 11) is 1.63. The van der Waals surface area contributed by atoms with E-state index in [9.17, 15) is 9.50 Å². The van der Waals surface area contributed by atoms with Crippen molar-refractivity contribution in [3.63, 3.8) is 0 Å². The van der Waals surface area contributed by atoms with Crippen LogP contribution in [-0.4, -0.2) is 47.5 Å². The first-order valence-corrected chi connectivity index (χ1v) is 10.4. The molecule has 1 aromatic heterocycles. The van der Waals surface area contributed by atoms with Crippen molar-refractivity contribution in [2.24, 2.45) is 5.92 Å². The SMILES string of the molecule is COCC(O)CN(Cc1cccn1Cc1ccc(F)cc1)CC1CCCCC1. The molecule has 1 saturated carbocycles. The fourth-order valence-corrected chi connectivity index (χ4v) is 4.24. The summed E-state index contributed by atoms with van der Waals surface area (Å²) in [6, 6.07) is 10.9. The minimum atomic E-state index is -0.478. The van der Waals surface area contributed by atoms with E-state index >= 15 is 0 Å². The first kappa shape index (κ1) is 21.0. The fraction of sp³-hybridized carbons (Fsp3) is 0.565. The van der Waals surface area contributed by atoms with Crippen LogP contribution in [0.2, 0.25) is 0 Å². The molecule has 0 saturated heterocycles. The number of nitrogens with zero attached hydrogens (tertiary/aromatic N) is 2. The summed E-state index contributed by atoms with van der Waals surface area (Å²) in [5, 5.41) is 10.3. The van der Waals surface area contributed by atoms with E-state index < -0.39 is 6.10 Å². The second-order valence-electron chi connectivity index (χ2n) is 8.06. The Morgan fingerprint density at radius 1 is 1.18 bits per heavy atom. The van der Waals surface area contributed by atoms with Gasteiger partial charge >= 0.3 is 0 Å². The molecule has 1 aliphatic carbocycles. The zero-order chi connectivity index (χ0) is 19.8. The Kier molecular flexibility index (Phi) is 8.07. The van der Waals surface area contributed by atoms with Gasteiger partial charge in [0, 0.05) is 45.2 Å². The molecule has 4 nitrogen and oxygen atoms in total. The Labute approximate surface area is 167 Å². The summed E-state index contributed by atoms with van der Waals surface area (Å²) in [5.74, 6) is 0.506. The lowest BCUT2D eigenvalue weighted by molar-refractivity contribution is 0.0297. The zero-order valence-electron chi connectivity index (χ0n) is 16.9. The highest BCUT2D eigenvalue weighted by Gasteiger charge is 2.20. The molecule has 2 aromatic rings. The van der Waals surface area contributed by atoms with Crippen molar-refractivity contribution in [1.29, 1.82) is 0 Å². The van der Waals surface area contributed by atoms with Crippen molar-refractivity contribution in [2.75, 3.05) is 26.8 Å². The van der Waals surface area contributed by atoms with E-state index in [4.69, 9.17) is 4.74 Å². The third-order valence-electron chi connectivity index (χ3n) is 5.64. The highest BCUT2D eigenvalue weighted by molar-refractivity contribution is 5.18. The van der Waals surface area contributed by atoms with Gasteiger partial charge in [0.1, 0.15) is 5.82 Å². The van der Waals surface area contributed by atoms with Crippen LogP contribution in [0.1, 0.15) is 43.4 Å². The van der Waals surface area contributed by atoms with Gasteiger partial charge in [-0.1, -0.05) is 31.4 Å². The normalized spacial score (nSPS) is 16.6. The molecule has 154 valence electrons. The van der Waals surface area contributed by atoms with E-state index in [0.717, 1.165) is 25.2 Å². The van der Waals surface area contributed by atoms with Crippen LogP contribution in [0.4, 0.5) is 4.39 Å². The second kappa shape index (κ2) is 10.7. The Morgan fingerprint density at radius 3 is 2.64 bits per heavy atom. The predicted octanol–water partition coefficient (Wildman–Crippen LogP) is 4.07. The van der Waals surface area contributed by atoms with Gasteiger partial charge in [0.2, 0.25) is 0 Å². The van der Waals surface area contributed by atoms with Crippen LogP contribution in [0.25, 0.3) is 0 Å². The first-order chi connectivity index (χ1) is 13.6. The van der Waals surface area contributed by atoms with Crippen LogP contribution in [0.5, 0.6) is 0 Å². The maximum absolute atomic E-state index is 13.2. The fourth-order valence-electron chi connectivity index (χ4n) is 4.24. The maximum atomic E-state index is 13.2. The minimum absolute atomic E-state index is 0.206. The number of halogens is 1. The molecule has 0 amide bonds. The number of aliphatic hydroxyl groups excluding tert-OH is 1. The van der Waals surface area contributed by atoms with Crippen LogP contribution >= 0.6 is 0 Å². The Hall–Kier alpha value is -1.69. The van der Waals surface area contributed by atoms with Gasteiger partial charge in [0.25, 0.3) is 0 Å². The Morgan fingerprint density at radius 2 is 1.93 bits per heavy atom. The summed E-state index contributed by atoms with van der Waals surface area (Å²) in [6.07, 6.45) is 8.15. The monoisotopic (exact) mass is 388 g/mol. The molecule has 1 heterocycles. The van der Waals surface area contributed by atoms with Crippen LogP contribution in [0, 0.1) is 11.7 Å². The molecule has 1 unspecified atom stereocenters.